The van der Waals surface area contributed by atoms with Crippen molar-refractivity contribution in [3.63, 3.8) is 0 Å². The van der Waals surface area contributed by atoms with E-state index in [4.69, 9.17) is 0 Å². The molecule has 2 amide bonds. The second-order valence-electron chi connectivity index (χ2n) is 6.42. The highest BCUT2D eigenvalue weighted by atomic mass is 16.2. The molecule has 2 atom stereocenters. The van der Waals surface area contributed by atoms with Crippen LogP contribution in [0.1, 0.15) is 34.2 Å². The fraction of sp³-hybridized carbons (Fsp3) is 0.0870. The monoisotopic (exact) mass is 351 g/mol. The molecule has 0 bridgehead atoms. The van der Waals surface area contributed by atoms with Crippen LogP contribution in [0.25, 0.3) is 0 Å². The molecule has 3 aromatic carbocycles. The summed E-state index contributed by atoms with van der Waals surface area (Å²) in [6.45, 7) is 0. The van der Waals surface area contributed by atoms with Crippen LogP contribution in [0.2, 0.25) is 0 Å². The quantitative estimate of drug-likeness (QED) is 0.750. The number of amides is 2. The number of aliphatic imine (C=N–C) groups is 1. The van der Waals surface area contributed by atoms with E-state index in [9.17, 15) is 10.1 Å². The van der Waals surface area contributed by atoms with E-state index in [-0.39, 0.29) is 18.0 Å². The average molecular weight is 351 g/mol. The number of carbonyl (C=O) groups is 1. The van der Waals surface area contributed by atoms with Gasteiger partial charge in [-0.15, -0.1) is 0 Å². The topological polar surface area (TPSA) is 65.2 Å². The van der Waals surface area contributed by atoms with Gasteiger partial charge in [-0.25, -0.2) is 4.79 Å². The highest BCUT2D eigenvalue weighted by Gasteiger charge is 2.35. The first-order chi connectivity index (χ1) is 13.3. The largest absolute Gasteiger partial charge is 0.341 e. The van der Waals surface area contributed by atoms with Crippen molar-refractivity contribution >= 4 is 11.7 Å². The van der Waals surface area contributed by atoms with Gasteiger partial charge in [0.1, 0.15) is 0 Å². The first-order valence-corrected chi connectivity index (χ1v) is 8.76. The summed E-state index contributed by atoms with van der Waals surface area (Å²) in [5.74, 6) is -0.153. The molecule has 130 valence electrons. The zero-order valence-electron chi connectivity index (χ0n) is 14.5. The molecule has 3 aromatic rings. The molecule has 27 heavy (non-hydrogen) atoms. The molecular formula is C23H17N3O. The predicted octanol–water partition coefficient (Wildman–Crippen LogP) is 4.60. The van der Waals surface area contributed by atoms with Crippen LogP contribution in [-0.2, 0) is 0 Å². The summed E-state index contributed by atoms with van der Waals surface area (Å²) in [5.41, 5.74) is 4.17. The van der Waals surface area contributed by atoms with Crippen molar-refractivity contribution < 1.29 is 4.79 Å². The average Bonchev–Trinajstić information content (AvgIpc) is 2.74. The Kier molecular flexibility index (Phi) is 4.51. The Morgan fingerprint density at radius 3 is 2.22 bits per heavy atom. The summed E-state index contributed by atoms with van der Waals surface area (Å²) in [6, 6.07) is 28.7. The number of carbonyl (C=O) groups excluding carboxylic acids is 1. The number of nitrogens with zero attached hydrogens (tertiary/aromatic N) is 2. The van der Waals surface area contributed by atoms with Crippen LogP contribution >= 0.6 is 0 Å². The predicted molar refractivity (Wildman–Crippen MR) is 105 cm³/mol. The summed E-state index contributed by atoms with van der Waals surface area (Å²) < 4.78 is 0. The number of benzene rings is 3. The molecule has 0 saturated heterocycles. The van der Waals surface area contributed by atoms with Gasteiger partial charge >= 0.3 is 6.03 Å². The van der Waals surface area contributed by atoms with Crippen molar-refractivity contribution in [2.45, 2.75) is 12.0 Å². The van der Waals surface area contributed by atoms with Gasteiger partial charge in [0, 0.05) is 0 Å². The molecule has 1 N–H and O–H groups in total. The summed E-state index contributed by atoms with van der Waals surface area (Å²) in [6.07, 6.45) is 0. The van der Waals surface area contributed by atoms with E-state index >= 15 is 0 Å². The molecule has 0 fully saturated rings. The SMILES string of the molecule is N#Cc1cccc(C2NC(=O)N=C(c3ccccc3)C2c2ccccc2)c1. The zero-order valence-corrected chi connectivity index (χ0v) is 14.5. The third-order valence-electron chi connectivity index (χ3n) is 4.73. The first kappa shape index (κ1) is 16.7. The van der Waals surface area contributed by atoms with Gasteiger partial charge in [0.25, 0.3) is 0 Å². The van der Waals surface area contributed by atoms with Gasteiger partial charge in [-0.2, -0.15) is 10.3 Å². The van der Waals surface area contributed by atoms with Crippen LogP contribution in [0.4, 0.5) is 4.79 Å². The van der Waals surface area contributed by atoms with E-state index in [0.717, 1.165) is 22.4 Å². The minimum atomic E-state index is -0.367. The van der Waals surface area contributed by atoms with E-state index in [2.05, 4.69) is 16.4 Å². The second kappa shape index (κ2) is 7.27. The Hall–Kier alpha value is -3.71. The van der Waals surface area contributed by atoms with Gasteiger partial charge in [-0.1, -0.05) is 72.8 Å². The number of nitriles is 1. The zero-order chi connectivity index (χ0) is 18.6. The molecule has 0 spiro atoms. The van der Waals surface area contributed by atoms with E-state index in [0.29, 0.717) is 5.56 Å². The Balaban J connectivity index is 1.89. The van der Waals surface area contributed by atoms with E-state index in [1.54, 1.807) is 6.07 Å². The molecule has 4 heteroatoms. The molecule has 4 rings (SSSR count). The molecule has 1 heterocycles. The summed E-state index contributed by atoms with van der Waals surface area (Å²) >= 11 is 0. The van der Waals surface area contributed by atoms with Crippen molar-refractivity contribution in [1.29, 1.82) is 5.26 Å². The van der Waals surface area contributed by atoms with Crippen LogP contribution < -0.4 is 5.32 Å². The fourth-order valence-electron chi connectivity index (χ4n) is 3.53. The van der Waals surface area contributed by atoms with Gasteiger partial charge < -0.3 is 5.32 Å². The van der Waals surface area contributed by atoms with E-state index in [1.165, 1.54) is 0 Å². The molecule has 0 saturated carbocycles. The Bertz CT molecular complexity index is 1040. The van der Waals surface area contributed by atoms with Crippen molar-refractivity contribution in [3.8, 4) is 6.07 Å². The summed E-state index contributed by atoms with van der Waals surface area (Å²) in [4.78, 5) is 16.7. The molecule has 0 radical (unpaired) electrons. The van der Waals surface area contributed by atoms with Gasteiger partial charge in [0.2, 0.25) is 0 Å². The van der Waals surface area contributed by atoms with E-state index < -0.39 is 0 Å². The van der Waals surface area contributed by atoms with Gasteiger partial charge in [-0.3, -0.25) is 0 Å². The van der Waals surface area contributed by atoms with Crippen LogP contribution in [0.3, 0.4) is 0 Å². The lowest BCUT2D eigenvalue weighted by atomic mass is 9.80. The van der Waals surface area contributed by atoms with Gasteiger partial charge in [0.15, 0.2) is 0 Å². The Labute approximate surface area is 157 Å². The molecule has 0 aromatic heterocycles. The van der Waals surface area contributed by atoms with Gasteiger partial charge in [-0.05, 0) is 28.8 Å². The fourth-order valence-corrected chi connectivity index (χ4v) is 3.53. The standard InChI is InChI=1S/C23H17N3O/c24-15-16-8-7-13-19(14-16)22-20(17-9-3-1-4-10-17)21(25-23(27)26-22)18-11-5-2-6-12-18/h1-14,20,22H,(H,26,27). The third kappa shape index (κ3) is 3.36. The van der Waals surface area contributed by atoms with Crippen LogP contribution in [-0.4, -0.2) is 11.7 Å². The lowest BCUT2D eigenvalue weighted by Gasteiger charge is -2.33. The summed E-state index contributed by atoms with van der Waals surface area (Å²) in [7, 11) is 0. The highest BCUT2D eigenvalue weighted by Crippen LogP contribution is 2.37. The van der Waals surface area contributed by atoms with Crippen molar-refractivity contribution in [2.75, 3.05) is 0 Å². The maximum absolute atomic E-state index is 12.4. The minimum absolute atomic E-state index is 0.153. The molecular weight excluding hydrogens is 334 g/mol. The van der Waals surface area contributed by atoms with Crippen LogP contribution in [0.15, 0.2) is 89.9 Å². The third-order valence-corrected chi connectivity index (χ3v) is 4.73. The molecule has 0 aliphatic carbocycles. The van der Waals surface area contributed by atoms with Crippen molar-refractivity contribution in [3.05, 3.63) is 107 Å². The molecule has 1 aliphatic heterocycles. The van der Waals surface area contributed by atoms with Crippen LogP contribution in [0.5, 0.6) is 0 Å². The molecule has 2 unspecified atom stereocenters. The van der Waals surface area contributed by atoms with Crippen molar-refractivity contribution in [2.24, 2.45) is 4.99 Å². The number of hydrogen-bond donors (Lipinski definition) is 1. The van der Waals surface area contributed by atoms with Gasteiger partial charge in [0.05, 0.1) is 29.3 Å². The maximum Gasteiger partial charge on any atom is 0.341 e. The lowest BCUT2D eigenvalue weighted by Crippen LogP contribution is -2.40. The number of hydrogen-bond acceptors (Lipinski definition) is 2. The Morgan fingerprint density at radius 1 is 0.852 bits per heavy atom. The summed E-state index contributed by atoms with van der Waals surface area (Å²) in [5, 5.41) is 12.3. The maximum atomic E-state index is 12.4. The van der Waals surface area contributed by atoms with Crippen molar-refractivity contribution in [1.82, 2.24) is 5.32 Å². The minimum Gasteiger partial charge on any atom is -0.328 e. The molecule has 1 aliphatic rings. The highest BCUT2D eigenvalue weighted by molar-refractivity contribution is 6.12. The molecule has 4 nitrogen and oxygen atoms in total. The normalized spacial score (nSPS) is 18.9. The number of nitrogens with one attached hydrogen (secondary N) is 1. The second-order valence-corrected chi connectivity index (χ2v) is 6.42. The lowest BCUT2D eigenvalue weighted by molar-refractivity contribution is 0.243. The Morgan fingerprint density at radius 2 is 1.52 bits per heavy atom. The number of urea groups is 1. The van der Waals surface area contributed by atoms with E-state index in [1.807, 2.05) is 78.9 Å². The van der Waals surface area contributed by atoms with Crippen LogP contribution in [0, 0.1) is 11.3 Å². The number of rotatable bonds is 3. The first-order valence-electron chi connectivity index (χ1n) is 8.76. The smallest absolute Gasteiger partial charge is 0.328 e.